The Morgan fingerprint density at radius 3 is 0.571 bits per heavy atom. The van der Waals surface area contributed by atoms with Crippen molar-refractivity contribution in [3.63, 3.8) is 0 Å². The van der Waals surface area contributed by atoms with Crippen LogP contribution in [0, 0.1) is 12.4 Å². The molecular weight excluding hydrogens is 274 g/mol. The second kappa shape index (κ2) is 426. The van der Waals surface area contributed by atoms with Gasteiger partial charge in [0.25, 0.3) is 0 Å². The van der Waals surface area contributed by atoms with Gasteiger partial charge in [-0.25, -0.2) is 0 Å². The van der Waals surface area contributed by atoms with E-state index in [2.05, 4.69) is 0 Å². The molecule has 0 aromatic carbocycles. The zero-order valence-electron chi connectivity index (χ0n) is 3.42. The van der Waals surface area contributed by atoms with Gasteiger partial charge in [-0.2, -0.15) is 0 Å². The van der Waals surface area contributed by atoms with Crippen LogP contribution in [0.3, 0.4) is 0 Å². The summed E-state index contributed by atoms with van der Waals surface area (Å²) in [6, 6.07) is 0. The molecule has 0 aliphatic heterocycles. The summed E-state index contributed by atoms with van der Waals surface area (Å²) in [4.78, 5) is 0. The van der Waals surface area contributed by atoms with E-state index >= 15 is 0 Å². The molecule has 7 heavy (non-hydrogen) atoms. The molecule has 0 atom stereocenters. The summed E-state index contributed by atoms with van der Waals surface area (Å²) in [5.41, 5.74) is 0. The van der Waals surface area contributed by atoms with Crippen molar-refractivity contribution in [3.8, 4) is 0 Å². The quantitative estimate of drug-likeness (QED) is 0.563. The molecule has 0 aromatic rings. The van der Waals surface area contributed by atoms with Gasteiger partial charge in [-0.15, -0.1) is 0 Å². The molecule has 0 unspecified atom stereocenters. The monoisotopic (exact) mass is 280 g/mol. The van der Waals surface area contributed by atoms with Crippen LogP contribution in [0.4, 0.5) is 0 Å². The van der Waals surface area contributed by atoms with E-state index in [0.717, 1.165) is 48.4 Å². The third-order valence-corrected chi connectivity index (χ3v) is 0. The van der Waals surface area contributed by atoms with Crippen LogP contribution in [0.5, 0.6) is 0 Å². The first kappa shape index (κ1) is 25.2. The zero-order chi connectivity index (χ0) is 6.00. The van der Waals surface area contributed by atoms with Gasteiger partial charge in [0.15, 0.2) is 0 Å². The summed E-state index contributed by atoms with van der Waals surface area (Å²) in [5, 5.41) is 0. The van der Waals surface area contributed by atoms with Gasteiger partial charge in [0.2, 0.25) is 0 Å². The van der Waals surface area contributed by atoms with E-state index in [4.69, 9.17) is 12.4 Å². The van der Waals surface area contributed by atoms with Crippen LogP contribution in [-0.4, -0.2) is 48.4 Å². The molecule has 0 aliphatic carbocycles. The van der Waals surface area contributed by atoms with Gasteiger partial charge in [-0.1, -0.05) is 0 Å². The van der Waals surface area contributed by atoms with Crippen LogP contribution in [0.1, 0.15) is 0 Å². The van der Waals surface area contributed by atoms with E-state index in [-0.39, 0.29) is 6.15 Å². The molecule has 2 N–H and O–H groups in total. The molecule has 0 saturated carbocycles. The molecule has 0 amide bonds. The van der Waals surface area contributed by atoms with E-state index in [1.165, 1.54) is 0 Å². The summed E-state index contributed by atoms with van der Waals surface area (Å²) < 4.78 is 21.0. The molecular formula is H2Ge3N4-. The average molecular weight is 276 g/mol. The van der Waals surface area contributed by atoms with Gasteiger partial charge in [0.1, 0.15) is 0 Å². The van der Waals surface area contributed by atoms with Gasteiger partial charge in [-0.05, 0) is 0 Å². The Labute approximate surface area is 66.8 Å². The Balaban J connectivity index is -0.00000000900. The van der Waals surface area contributed by atoms with Crippen molar-refractivity contribution in [2.75, 3.05) is 0 Å². The molecule has 7 heteroatoms. The van der Waals surface area contributed by atoms with E-state index < -0.39 is 0 Å². The van der Waals surface area contributed by atoms with Crippen LogP contribution in [0.2, 0.25) is 0 Å². The molecule has 4 nitrogen and oxygen atoms in total. The van der Waals surface area contributed by atoms with Crippen molar-refractivity contribution in [3.05, 3.63) is 6.15 Å². The number of hydrogen-bond donors (Lipinski definition) is 0. The van der Waals surface area contributed by atoms with E-state index in [1.54, 1.807) is 0 Å². The first-order valence-corrected chi connectivity index (χ1v) is 3.49. The van der Waals surface area contributed by atoms with Crippen molar-refractivity contribution < 1.29 is 0 Å². The van der Waals surface area contributed by atoms with Crippen LogP contribution in [0.15, 0.2) is 0 Å². The fraction of sp³-hybridized carbons (Fsp3) is 0. The van der Waals surface area contributed by atoms with Crippen molar-refractivity contribution >= 4 is 48.4 Å². The minimum atomic E-state index is 0. The number of hydrogen-bond acceptors (Lipinski definition) is 3. The van der Waals surface area contributed by atoms with Gasteiger partial charge in [0.05, 0.1) is 0 Å². The van der Waals surface area contributed by atoms with Crippen LogP contribution < -0.4 is 0 Å². The zero-order valence-corrected chi connectivity index (χ0v) is 9.71. The fourth-order valence-corrected chi connectivity index (χ4v) is 0. The first-order chi connectivity index (χ1) is 3.00. The molecule has 0 rings (SSSR count). The molecule has 0 spiro atoms. The second-order valence-corrected chi connectivity index (χ2v) is 0. The predicted molar refractivity (Wildman–Crippen MR) is 27.7 cm³/mol. The van der Waals surface area contributed by atoms with E-state index in [0.29, 0.717) is 0 Å². The summed E-state index contributed by atoms with van der Waals surface area (Å²) in [6.07, 6.45) is 0. The molecule has 0 saturated heterocycles. The molecule has 0 fully saturated rings. The molecule has 0 bridgehead atoms. The number of nitrogens with two attached hydrogens (primary N) is 1. The topological polar surface area (TPSA) is 105 Å². The van der Waals surface area contributed by atoms with Crippen LogP contribution >= 0.6 is 0 Å². The van der Waals surface area contributed by atoms with Crippen LogP contribution in [-0.2, 0) is 0 Å². The van der Waals surface area contributed by atoms with Gasteiger partial charge in [0, 0.05) is 0 Å². The third-order valence-electron chi connectivity index (χ3n) is 0. The summed E-state index contributed by atoms with van der Waals surface area (Å²) in [7, 11) is 0. The van der Waals surface area contributed by atoms with Crippen molar-refractivity contribution in [2.45, 2.75) is 0 Å². The third kappa shape index (κ3) is 290. The Morgan fingerprint density at radius 2 is 0.571 bits per heavy atom. The van der Waals surface area contributed by atoms with Gasteiger partial charge in [-0.3, -0.25) is 0 Å². The average Bonchev–Trinajstić information content (AvgIpc) is 1.81. The maximum absolute atomic E-state index is 7.00. The molecule has 0 aliphatic rings. The SMILES string of the molecule is [NH2-].[N]#[Ge].[N]#[Ge].[N]#[Ge]. The van der Waals surface area contributed by atoms with E-state index in [1.807, 2.05) is 0 Å². The summed E-state index contributed by atoms with van der Waals surface area (Å²) >= 11 is 3.00. The fourth-order valence-electron chi connectivity index (χ4n) is 0. The Kier molecular flexibility index (Phi) is 1530. The number of rotatable bonds is 0. The molecule has 0 aromatic heterocycles. The maximum atomic E-state index is 7.00. The summed E-state index contributed by atoms with van der Waals surface area (Å²) in [5.74, 6) is 0. The molecule has 3 radical (unpaired) electrons. The molecule has 0 heterocycles. The molecule has 35 valence electrons. The van der Waals surface area contributed by atoms with Crippen molar-refractivity contribution in [2.24, 2.45) is 0 Å². The number of nitrogens with zero attached hydrogens (tertiary/aromatic N) is 3. The van der Waals surface area contributed by atoms with Crippen LogP contribution in [0.25, 0.3) is 6.15 Å². The summed E-state index contributed by atoms with van der Waals surface area (Å²) in [6.45, 7) is 0. The second-order valence-electron chi connectivity index (χ2n) is 0. The van der Waals surface area contributed by atoms with E-state index in [9.17, 15) is 0 Å². The predicted octanol–water partition coefficient (Wildman–Crippen LogP) is -0.380. The normalized spacial score (nSPS) is 0.857. The Hall–Kier alpha value is 0.719. The van der Waals surface area contributed by atoms with Gasteiger partial charge >= 0.3 is 60.8 Å². The van der Waals surface area contributed by atoms with Gasteiger partial charge < -0.3 is 6.15 Å². The minimum absolute atomic E-state index is 0. The Morgan fingerprint density at radius 1 is 0.571 bits per heavy atom. The first-order valence-electron chi connectivity index (χ1n) is 0.671. The van der Waals surface area contributed by atoms with Crippen molar-refractivity contribution in [1.29, 1.82) is 12.4 Å². The Bertz CT molecular complexity index is 35.4. The van der Waals surface area contributed by atoms with Crippen molar-refractivity contribution in [1.82, 2.24) is 0 Å². The standard InChI is InChI=1S/3GeN.H2N/c3*1-2;/h;;;1H2/q;;;-1.